The summed E-state index contributed by atoms with van der Waals surface area (Å²) in [4.78, 5) is 67.1. The first-order valence-corrected chi connectivity index (χ1v) is 15.7. The highest BCUT2D eigenvalue weighted by molar-refractivity contribution is 6.01. The normalized spacial score (nSPS) is 11.9. The molecule has 4 N–H and O–H groups in total. The van der Waals surface area contributed by atoms with Gasteiger partial charge in [-0.25, -0.2) is 0 Å². The molecule has 1 spiro atoms. The highest BCUT2D eigenvalue weighted by Crippen LogP contribution is 2.64. The van der Waals surface area contributed by atoms with Crippen molar-refractivity contribution in [2.45, 2.75) is 60.8 Å². The van der Waals surface area contributed by atoms with E-state index in [1.807, 2.05) is 72.8 Å². The van der Waals surface area contributed by atoms with Crippen LogP contribution in [0.2, 0.25) is 0 Å². The molecule has 2 aliphatic rings. The van der Waals surface area contributed by atoms with E-state index in [0.29, 0.717) is 22.7 Å². The molecular formula is C39H40N4O6. The number of anilines is 4. The van der Waals surface area contributed by atoms with Gasteiger partial charge in [-0.2, -0.15) is 0 Å². The highest BCUT2D eigenvalue weighted by Gasteiger charge is 2.52. The van der Waals surface area contributed by atoms with Crippen LogP contribution in [-0.4, -0.2) is 35.2 Å². The molecule has 0 radical (unpaired) electrons. The van der Waals surface area contributed by atoms with Crippen molar-refractivity contribution in [2.75, 3.05) is 21.3 Å². The average Bonchev–Trinajstić information content (AvgIpc) is 3.41. The molecule has 0 bridgehead atoms. The third kappa shape index (κ3) is 7.65. The van der Waals surface area contributed by atoms with E-state index < -0.39 is 5.41 Å². The predicted octanol–water partition coefficient (Wildman–Crippen LogP) is 7.05. The molecule has 0 heterocycles. The lowest BCUT2D eigenvalue weighted by molar-refractivity contribution is -0.115. The maximum absolute atomic E-state index is 12.1. The topological polar surface area (TPSA) is 151 Å². The van der Waals surface area contributed by atoms with Crippen LogP contribution in [-0.2, 0) is 34.2 Å². The summed E-state index contributed by atoms with van der Waals surface area (Å²) in [5.41, 5.74) is 9.43. The Morgan fingerprint density at radius 2 is 0.551 bits per heavy atom. The van der Waals surface area contributed by atoms with Gasteiger partial charge in [0, 0.05) is 50.4 Å². The van der Waals surface area contributed by atoms with Crippen LogP contribution in [0.5, 0.6) is 0 Å². The minimum absolute atomic E-state index is 0.167. The molecule has 252 valence electrons. The smallest absolute Gasteiger partial charge is 0.221 e. The SMILES string of the molecule is CC(=O)Nc1ccc2c(c1)C1(c3cc(NC(C)=O)ccc3-2)c2cc(NC(C)=O)ccc2-c2ccc(NC(C)=O)cc21.CC(C)=O.CC(C)=O. The number of hydrogen-bond donors (Lipinski definition) is 4. The second kappa shape index (κ2) is 14.5. The van der Waals surface area contributed by atoms with Gasteiger partial charge in [-0.15, -0.1) is 0 Å². The molecule has 0 unspecified atom stereocenters. The molecule has 0 saturated heterocycles. The fraction of sp³-hybridized carbons (Fsp3) is 0.231. The molecular weight excluding hydrogens is 620 g/mol. The molecule has 4 aromatic carbocycles. The number of benzene rings is 4. The van der Waals surface area contributed by atoms with Crippen LogP contribution in [0.15, 0.2) is 72.8 Å². The second-order valence-corrected chi connectivity index (χ2v) is 12.3. The summed E-state index contributed by atoms with van der Waals surface area (Å²) in [6.45, 7) is 12.0. The predicted molar refractivity (Wildman–Crippen MR) is 193 cm³/mol. The summed E-state index contributed by atoms with van der Waals surface area (Å²) in [5.74, 6) is -0.405. The van der Waals surface area contributed by atoms with Crippen LogP contribution in [0, 0.1) is 0 Å². The second-order valence-electron chi connectivity index (χ2n) is 12.3. The van der Waals surface area contributed by atoms with E-state index in [-0.39, 0.29) is 35.2 Å². The summed E-state index contributed by atoms with van der Waals surface area (Å²) in [7, 11) is 0. The van der Waals surface area contributed by atoms with Crippen molar-refractivity contribution in [1.82, 2.24) is 0 Å². The van der Waals surface area contributed by atoms with Crippen molar-refractivity contribution in [3.8, 4) is 22.3 Å². The molecule has 10 heteroatoms. The van der Waals surface area contributed by atoms with Crippen molar-refractivity contribution in [2.24, 2.45) is 0 Å². The number of nitrogens with one attached hydrogen (secondary N) is 4. The Balaban J connectivity index is 0.000000612. The molecule has 0 fully saturated rings. The third-order valence-corrected chi connectivity index (χ3v) is 7.56. The van der Waals surface area contributed by atoms with E-state index in [2.05, 4.69) is 21.3 Å². The van der Waals surface area contributed by atoms with Crippen LogP contribution in [0.1, 0.15) is 77.6 Å². The number of carbonyl (C=O) groups is 6. The zero-order valence-electron chi connectivity index (χ0n) is 28.9. The largest absolute Gasteiger partial charge is 0.326 e. The quantitative estimate of drug-likeness (QED) is 0.159. The lowest BCUT2D eigenvalue weighted by Crippen LogP contribution is -2.27. The van der Waals surface area contributed by atoms with Gasteiger partial charge in [0.2, 0.25) is 23.6 Å². The monoisotopic (exact) mass is 660 g/mol. The molecule has 4 aromatic rings. The van der Waals surface area contributed by atoms with E-state index >= 15 is 0 Å². The van der Waals surface area contributed by atoms with Gasteiger partial charge in [-0.05, 0) is 121 Å². The number of Topliss-reactive ketones (excluding diaryl/α,β-unsaturated/α-hetero) is 2. The number of rotatable bonds is 4. The third-order valence-electron chi connectivity index (χ3n) is 7.56. The maximum atomic E-state index is 12.1. The molecule has 4 amide bonds. The fourth-order valence-corrected chi connectivity index (χ4v) is 6.35. The molecule has 0 saturated carbocycles. The van der Waals surface area contributed by atoms with Gasteiger partial charge in [-0.3, -0.25) is 19.2 Å². The number of amides is 4. The Morgan fingerprint density at radius 3 is 0.714 bits per heavy atom. The van der Waals surface area contributed by atoms with Crippen LogP contribution in [0.4, 0.5) is 22.7 Å². The lowest BCUT2D eigenvalue weighted by Gasteiger charge is -2.31. The standard InChI is InChI=1S/C33H28N4O4.2C3H6O/c1-17(38)34-21-5-9-25-26-10-6-22(35-18(2)39)14-30(26)33(29(25)13-21)31-15-23(36-19(3)40)7-11-27(31)28-12-8-24(16-32(28)33)37-20(4)41;2*1-3(2)4/h5-16H,1-4H3,(H,34,38)(H,35,39)(H,36,40)(H,37,41);2*1-2H3. The highest BCUT2D eigenvalue weighted by atomic mass is 16.2. The molecule has 0 aliphatic heterocycles. The van der Waals surface area contributed by atoms with Crippen LogP contribution >= 0.6 is 0 Å². The van der Waals surface area contributed by atoms with Crippen molar-refractivity contribution in [3.05, 3.63) is 95.1 Å². The van der Waals surface area contributed by atoms with E-state index in [9.17, 15) is 28.8 Å². The van der Waals surface area contributed by atoms with Gasteiger partial charge in [0.05, 0.1) is 5.41 Å². The van der Waals surface area contributed by atoms with Gasteiger partial charge >= 0.3 is 0 Å². The summed E-state index contributed by atoms with van der Waals surface area (Å²) in [6.07, 6.45) is 0. The summed E-state index contributed by atoms with van der Waals surface area (Å²) in [6, 6.07) is 23.5. The Kier molecular flexibility index (Phi) is 10.6. The molecule has 2 aliphatic carbocycles. The Hall–Kier alpha value is -5.90. The van der Waals surface area contributed by atoms with Crippen molar-refractivity contribution in [1.29, 1.82) is 0 Å². The summed E-state index contributed by atoms with van der Waals surface area (Å²) < 4.78 is 0. The van der Waals surface area contributed by atoms with Crippen LogP contribution in [0.3, 0.4) is 0 Å². The van der Waals surface area contributed by atoms with E-state index in [1.54, 1.807) is 0 Å². The Morgan fingerprint density at radius 1 is 0.367 bits per heavy atom. The summed E-state index contributed by atoms with van der Waals surface area (Å²) >= 11 is 0. The van der Waals surface area contributed by atoms with Gasteiger partial charge in [0.25, 0.3) is 0 Å². The van der Waals surface area contributed by atoms with Crippen molar-refractivity contribution in [3.63, 3.8) is 0 Å². The minimum Gasteiger partial charge on any atom is -0.326 e. The first-order valence-electron chi connectivity index (χ1n) is 15.7. The Bertz CT molecular complexity index is 1740. The van der Waals surface area contributed by atoms with Crippen LogP contribution in [0.25, 0.3) is 22.3 Å². The maximum Gasteiger partial charge on any atom is 0.221 e. The van der Waals surface area contributed by atoms with Gasteiger partial charge < -0.3 is 30.9 Å². The molecule has 10 nitrogen and oxygen atoms in total. The zero-order valence-corrected chi connectivity index (χ0v) is 28.9. The van der Waals surface area contributed by atoms with Crippen LogP contribution < -0.4 is 21.3 Å². The zero-order chi connectivity index (χ0) is 36.2. The number of fused-ring (bicyclic) bond motifs is 10. The number of hydrogen-bond acceptors (Lipinski definition) is 6. The van der Waals surface area contributed by atoms with E-state index in [0.717, 1.165) is 44.5 Å². The number of ketones is 2. The van der Waals surface area contributed by atoms with Gasteiger partial charge in [0.15, 0.2) is 0 Å². The lowest BCUT2D eigenvalue weighted by atomic mass is 9.70. The van der Waals surface area contributed by atoms with Gasteiger partial charge in [-0.1, -0.05) is 24.3 Å². The first-order chi connectivity index (χ1) is 23.0. The molecule has 0 aromatic heterocycles. The Labute approximate surface area is 285 Å². The van der Waals surface area contributed by atoms with E-state index in [1.165, 1.54) is 55.4 Å². The molecule has 6 rings (SSSR count). The van der Waals surface area contributed by atoms with Crippen molar-refractivity contribution < 1.29 is 28.8 Å². The molecule has 0 atom stereocenters. The van der Waals surface area contributed by atoms with Gasteiger partial charge in [0.1, 0.15) is 11.6 Å². The first kappa shape index (κ1) is 35.9. The minimum atomic E-state index is -0.874. The number of carbonyl (C=O) groups excluding carboxylic acids is 6. The molecule has 49 heavy (non-hydrogen) atoms. The fourth-order valence-electron chi connectivity index (χ4n) is 6.35. The van der Waals surface area contributed by atoms with Crippen molar-refractivity contribution >= 4 is 57.9 Å². The van der Waals surface area contributed by atoms with E-state index in [4.69, 9.17) is 0 Å². The summed E-state index contributed by atoms with van der Waals surface area (Å²) in [5, 5.41) is 11.7. The average molecular weight is 661 g/mol.